The van der Waals surface area contributed by atoms with Crippen LogP contribution in [0.1, 0.15) is 24.2 Å². The first-order chi connectivity index (χ1) is 12.3. The summed E-state index contributed by atoms with van der Waals surface area (Å²) in [6, 6.07) is 6.22. The molecule has 0 aliphatic carbocycles. The van der Waals surface area contributed by atoms with E-state index < -0.39 is 23.7 Å². The fourth-order valence-corrected chi connectivity index (χ4v) is 2.33. The number of carbonyl (C=O) groups is 3. The Morgan fingerprint density at radius 3 is 2.54 bits per heavy atom. The van der Waals surface area contributed by atoms with Gasteiger partial charge in [0.1, 0.15) is 0 Å². The van der Waals surface area contributed by atoms with Crippen molar-refractivity contribution in [1.82, 2.24) is 9.78 Å². The molecule has 1 aliphatic heterocycles. The number of nitrogens with one attached hydrogen (secondary N) is 1. The Labute approximate surface area is 147 Å². The minimum Gasteiger partial charge on any atom is -0.478 e. The molecule has 2 aromatic rings. The van der Waals surface area contributed by atoms with Gasteiger partial charge >= 0.3 is 17.9 Å². The van der Waals surface area contributed by atoms with E-state index in [0.717, 1.165) is 6.20 Å². The van der Waals surface area contributed by atoms with Crippen molar-refractivity contribution in [3.05, 3.63) is 54.0 Å². The fraction of sp³-hybridized carbons (Fsp3) is 0.176. The topological polar surface area (TPSA) is 120 Å². The van der Waals surface area contributed by atoms with Gasteiger partial charge in [0.2, 0.25) is 0 Å². The van der Waals surface area contributed by atoms with Crippen LogP contribution in [0.4, 0.5) is 5.69 Å². The van der Waals surface area contributed by atoms with Gasteiger partial charge in [-0.3, -0.25) is 0 Å². The maximum absolute atomic E-state index is 12.0. The van der Waals surface area contributed by atoms with Crippen LogP contribution in [0.3, 0.4) is 0 Å². The summed E-state index contributed by atoms with van der Waals surface area (Å²) in [6.07, 6.45) is 4.33. The minimum absolute atomic E-state index is 0.0457. The third kappa shape index (κ3) is 3.41. The van der Waals surface area contributed by atoms with Crippen LogP contribution in [0, 0.1) is 0 Å². The van der Waals surface area contributed by atoms with Crippen molar-refractivity contribution in [2.24, 2.45) is 0 Å². The predicted octanol–water partition coefficient (Wildman–Crippen LogP) is 1.70. The molecule has 0 bridgehead atoms. The number of aromatic carboxylic acids is 1. The average Bonchev–Trinajstić information content (AvgIpc) is 3.07. The highest BCUT2D eigenvalue weighted by Crippen LogP contribution is 2.24. The molecule has 9 nitrogen and oxygen atoms in total. The van der Waals surface area contributed by atoms with E-state index in [2.05, 4.69) is 10.4 Å². The molecule has 9 heteroatoms. The number of esters is 2. The summed E-state index contributed by atoms with van der Waals surface area (Å²) < 4.78 is 11.5. The maximum Gasteiger partial charge on any atom is 0.350 e. The lowest BCUT2D eigenvalue weighted by atomic mass is 10.1. The molecule has 0 amide bonds. The Morgan fingerprint density at radius 2 is 1.96 bits per heavy atom. The first-order valence-electron chi connectivity index (χ1n) is 7.57. The van der Waals surface area contributed by atoms with E-state index in [-0.39, 0.29) is 16.8 Å². The zero-order valence-electron chi connectivity index (χ0n) is 13.9. The van der Waals surface area contributed by atoms with Crippen LogP contribution < -0.4 is 5.32 Å². The molecule has 1 saturated heterocycles. The second kappa shape index (κ2) is 6.36. The van der Waals surface area contributed by atoms with E-state index in [4.69, 9.17) is 9.47 Å². The quantitative estimate of drug-likeness (QED) is 0.482. The highest BCUT2D eigenvalue weighted by molar-refractivity contribution is 6.15. The van der Waals surface area contributed by atoms with E-state index in [0.29, 0.717) is 5.69 Å². The van der Waals surface area contributed by atoms with Gasteiger partial charge in [0.25, 0.3) is 5.79 Å². The number of hydrogen-bond acceptors (Lipinski definition) is 7. The smallest absolute Gasteiger partial charge is 0.350 e. The van der Waals surface area contributed by atoms with Crippen LogP contribution in [-0.2, 0) is 19.1 Å². The Morgan fingerprint density at radius 1 is 1.27 bits per heavy atom. The van der Waals surface area contributed by atoms with E-state index in [1.165, 1.54) is 30.7 Å². The van der Waals surface area contributed by atoms with Gasteiger partial charge in [-0.15, -0.1) is 0 Å². The molecule has 1 aliphatic rings. The van der Waals surface area contributed by atoms with Gasteiger partial charge in [0.15, 0.2) is 5.57 Å². The molecule has 26 heavy (non-hydrogen) atoms. The van der Waals surface area contributed by atoms with Crippen molar-refractivity contribution in [3.8, 4) is 5.69 Å². The molecule has 1 aromatic carbocycles. The summed E-state index contributed by atoms with van der Waals surface area (Å²) in [5.41, 5.74) is 0.347. The Bertz CT molecular complexity index is 893. The van der Waals surface area contributed by atoms with Crippen LogP contribution in [0.2, 0.25) is 0 Å². The number of aromatic nitrogens is 2. The summed E-state index contributed by atoms with van der Waals surface area (Å²) in [6.45, 7) is 2.87. The molecule has 1 fully saturated rings. The lowest BCUT2D eigenvalue weighted by Gasteiger charge is -2.29. The van der Waals surface area contributed by atoms with Crippen molar-refractivity contribution in [1.29, 1.82) is 0 Å². The SMILES string of the molecule is CC1(C)OC(=O)C(=CNc2cc(-n3cccn3)ccc2C(=O)O)C(=O)O1. The van der Waals surface area contributed by atoms with Crippen LogP contribution in [0.5, 0.6) is 0 Å². The van der Waals surface area contributed by atoms with E-state index in [1.807, 2.05) is 0 Å². The molecular weight excluding hydrogens is 342 g/mol. The molecule has 3 rings (SSSR count). The van der Waals surface area contributed by atoms with Gasteiger partial charge in [-0.25, -0.2) is 19.1 Å². The molecule has 0 radical (unpaired) electrons. The normalized spacial score (nSPS) is 15.8. The van der Waals surface area contributed by atoms with Gasteiger partial charge in [0.05, 0.1) is 16.9 Å². The zero-order valence-corrected chi connectivity index (χ0v) is 13.9. The van der Waals surface area contributed by atoms with Gasteiger partial charge in [0, 0.05) is 32.4 Å². The monoisotopic (exact) mass is 357 g/mol. The minimum atomic E-state index is -1.35. The van der Waals surface area contributed by atoms with Crippen molar-refractivity contribution >= 4 is 23.6 Å². The molecule has 1 aromatic heterocycles. The lowest BCUT2D eigenvalue weighted by molar-refractivity contribution is -0.222. The summed E-state index contributed by atoms with van der Waals surface area (Å²) in [5, 5.41) is 16.1. The summed E-state index contributed by atoms with van der Waals surface area (Å²) in [7, 11) is 0. The standard InChI is InChI=1S/C17H15N3O6/c1-17(2)25-15(23)12(16(24)26-17)9-18-13-8-10(20-7-3-6-19-20)4-5-11(13)14(21)22/h3-9,18H,1-2H3,(H,21,22). The molecule has 2 N–H and O–H groups in total. The van der Waals surface area contributed by atoms with E-state index in [9.17, 15) is 19.5 Å². The van der Waals surface area contributed by atoms with E-state index in [1.54, 1.807) is 24.5 Å². The number of cyclic esters (lactones) is 2. The van der Waals surface area contributed by atoms with Gasteiger partial charge in [-0.2, -0.15) is 5.10 Å². The maximum atomic E-state index is 12.0. The molecule has 134 valence electrons. The number of nitrogens with zero attached hydrogens (tertiary/aromatic N) is 2. The van der Waals surface area contributed by atoms with Gasteiger partial charge in [-0.05, 0) is 24.3 Å². The zero-order chi connectivity index (χ0) is 18.9. The third-order valence-corrected chi connectivity index (χ3v) is 3.49. The van der Waals surface area contributed by atoms with Crippen LogP contribution in [0.25, 0.3) is 5.69 Å². The second-order valence-corrected chi connectivity index (χ2v) is 5.87. The van der Waals surface area contributed by atoms with Crippen LogP contribution >= 0.6 is 0 Å². The highest BCUT2D eigenvalue weighted by Gasteiger charge is 2.39. The Balaban J connectivity index is 1.93. The first-order valence-corrected chi connectivity index (χ1v) is 7.57. The molecule has 0 unspecified atom stereocenters. The fourth-order valence-electron chi connectivity index (χ4n) is 2.33. The highest BCUT2D eigenvalue weighted by atomic mass is 16.7. The van der Waals surface area contributed by atoms with Gasteiger partial charge in [-0.1, -0.05) is 0 Å². The lowest BCUT2D eigenvalue weighted by Crippen LogP contribution is -2.42. The molecular formula is C17H15N3O6. The molecule has 0 spiro atoms. The van der Waals surface area contributed by atoms with Crippen LogP contribution in [0.15, 0.2) is 48.4 Å². The van der Waals surface area contributed by atoms with Gasteiger partial charge < -0.3 is 19.9 Å². The molecule has 0 saturated carbocycles. The van der Waals surface area contributed by atoms with Crippen molar-refractivity contribution in [2.75, 3.05) is 5.32 Å². The number of ether oxygens (including phenoxy) is 2. The Hall–Kier alpha value is -3.62. The number of anilines is 1. The van der Waals surface area contributed by atoms with E-state index >= 15 is 0 Å². The number of carboxylic acid groups (broad SMARTS) is 1. The summed E-state index contributed by atoms with van der Waals surface area (Å²) >= 11 is 0. The van der Waals surface area contributed by atoms with Crippen molar-refractivity contribution < 1.29 is 29.0 Å². The number of benzene rings is 1. The predicted molar refractivity (Wildman–Crippen MR) is 88.5 cm³/mol. The largest absolute Gasteiger partial charge is 0.478 e. The van der Waals surface area contributed by atoms with Crippen LogP contribution in [-0.4, -0.2) is 38.6 Å². The Kier molecular flexibility index (Phi) is 4.21. The molecule has 2 heterocycles. The number of rotatable bonds is 4. The second-order valence-electron chi connectivity index (χ2n) is 5.87. The molecule has 0 atom stereocenters. The summed E-state index contributed by atoms with van der Waals surface area (Å²) in [5.74, 6) is -4.25. The average molecular weight is 357 g/mol. The number of hydrogen-bond donors (Lipinski definition) is 2. The van der Waals surface area contributed by atoms with Crippen molar-refractivity contribution in [2.45, 2.75) is 19.6 Å². The summed E-state index contributed by atoms with van der Waals surface area (Å²) in [4.78, 5) is 35.3. The third-order valence-electron chi connectivity index (χ3n) is 3.49. The number of carboxylic acids is 1. The number of carbonyl (C=O) groups excluding carboxylic acids is 2. The van der Waals surface area contributed by atoms with Crippen molar-refractivity contribution in [3.63, 3.8) is 0 Å². The first kappa shape index (κ1) is 17.2.